The summed E-state index contributed by atoms with van der Waals surface area (Å²) in [6.45, 7) is 7.75. The van der Waals surface area contributed by atoms with Crippen molar-refractivity contribution in [3.05, 3.63) is 294 Å². The number of hydrogen-bond acceptors (Lipinski definition) is 5. The number of nitrogens with zero attached hydrogens (tertiary/aromatic N) is 4. The SMILES string of the molecule is [C-]#[N+]c1ccc(N(c2ccc3c4c(ccc3c2)-c2ccc3cc(N(c5ccc(C#N)cc5)c5cccc6c5oc5ccccc56)ccc3c2C4(c2ccccc2)c2ccccc2)c2cccc3c2oc2ccccc23)cc1. The average Bonchev–Trinajstić information content (AvgIpc) is 4.40. The summed E-state index contributed by atoms with van der Waals surface area (Å²) in [5.41, 5.74) is 16.4. The fraction of sp³-hybridized carbons (Fsp3) is 0.0141. The van der Waals surface area contributed by atoms with Crippen molar-refractivity contribution in [2.45, 2.75) is 5.41 Å². The molecule has 2 heterocycles. The first kappa shape index (κ1) is 43.9. The Hall–Kier alpha value is -10.7. The third kappa shape index (κ3) is 6.60. The van der Waals surface area contributed by atoms with Crippen LogP contribution < -0.4 is 9.80 Å². The Morgan fingerprint density at radius 3 is 1.29 bits per heavy atom. The summed E-state index contributed by atoms with van der Waals surface area (Å²) in [7, 11) is 0. The van der Waals surface area contributed by atoms with Crippen LogP contribution in [0.1, 0.15) is 27.8 Å². The minimum Gasteiger partial charge on any atom is -0.454 e. The van der Waals surface area contributed by atoms with Gasteiger partial charge in [-0.2, -0.15) is 5.26 Å². The molecule has 1 aliphatic carbocycles. The zero-order valence-corrected chi connectivity index (χ0v) is 41.4. The molecule has 0 atom stereocenters. The number of hydrogen-bond donors (Lipinski definition) is 0. The minimum absolute atomic E-state index is 0.579. The molecule has 0 radical (unpaired) electrons. The van der Waals surface area contributed by atoms with E-state index in [-0.39, 0.29) is 0 Å². The first-order valence-corrected chi connectivity index (χ1v) is 25.7. The highest BCUT2D eigenvalue weighted by Crippen LogP contribution is 2.60. The van der Waals surface area contributed by atoms with Gasteiger partial charge in [0.2, 0.25) is 0 Å². The number of nitriles is 1. The molecule has 14 aromatic rings. The van der Waals surface area contributed by atoms with Gasteiger partial charge in [0.25, 0.3) is 0 Å². The van der Waals surface area contributed by atoms with Gasteiger partial charge in [-0.3, -0.25) is 0 Å². The van der Waals surface area contributed by atoms with Crippen LogP contribution in [0.5, 0.6) is 0 Å². The van der Waals surface area contributed by atoms with Crippen LogP contribution in [0.15, 0.2) is 264 Å². The second-order valence-electron chi connectivity index (χ2n) is 19.7. The van der Waals surface area contributed by atoms with Crippen molar-refractivity contribution in [1.82, 2.24) is 0 Å². The molecule has 15 rings (SSSR count). The topological polar surface area (TPSA) is 60.9 Å². The molecule has 0 fully saturated rings. The summed E-state index contributed by atoms with van der Waals surface area (Å²) >= 11 is 0. The van der Waals surface area contributed by atoms with E-state index in [9.17, 15) is 5.26 Å². The fourth-order valence-corrected chi connectivity index (χ4v) is 12.4. The van der Waals surface area contributed by atoms with Gasteiger partial charge in [-0.15, -0.1) is 0 Å². The lowest BCUT2D eigenvalue weighted by Gasteiger charge is -2.35. The Kier molecular flexibility index (Phi) is 9.81. The maximum atomic E-state index is 9.85. The van der Waals surface area contributed by atoms with Crippen LogP contribution in [0.3, 0.4) is 0 Å². The van der Waals surface area contributed by atoms with Crippen LogP contribution in [0.2, 0.25) is 0 Å². The number of benzene rings is 12. The van der Waals surface area contributed by atoms with Crippen molar-refractivity contribution in [1.29, 1.82) is 5.26 Å². The molecule has 0 bridgehead atoms. The number of para-hydroxylation sites is 4. The third-order valence-electron chi connectivity index (χ3n) is 15.7. The summed E-state index contributed by atoms with van der Waals surface area (Å²) in [6, 6.07) is 91.8. The zero-order chi connectivity index (χ0) is 51.2. The van der Waals surface area contributed by atoms with Gasteiger partial charge in [-0.1, -0.05) is 170 Å². The monoisotopic (exact) mass is 982 g/mol. The molecular weight excluding hydrogens is 941 g/mol. The Morgan fingerprint density at radius 1 is 0.390 bits per heavy atom. The van der Waals surface area contributed by atoms with Crippen molar-refractivity contribution in [2.75, 3.05) is 9.80 Å². The second-order valence-corrected chi connectivity index (χ2v) is 19.7. The van der Waals surface area contributed by atoms with Crippen molar-refractivity contribution in [2.24, 2.45) is 0 Å². The molecule has 12 aromatic carbocycles. The maximum absolute atomic E-state index is 9.85. The van der Waals surface area contributed by atoms with Gasteiger partial charge in [0.1, 0.15) is 11.2 Å². The molecule has 6 heteroatoms. The highest BCUT2D eigenvalue weighted by atomic mass is 16.3. The van der Waals surface area contributed by atoms with E-state index >= 15 is 0 Å². The molecule has 1 aliphatic rings. The van der Waals surface area contributed by atoms with Gasteiger partial charge < -0.3 is 18.6 Å². The summed E-state index contributed by atoms with van der Waals surface area (Å²) in [4.78, 5) is 8.23. The van der Waals surface area contributed by atoms with E-state index < -0.39 is 5.41 Å². The lowest BCUT2D eigenvalue weighted by molar-refractivity contribution is 0.668. The smallest absolute Gasteiger partial charge is 0.187 e. The standard InChI is InChI=1S/C71H42N4O2/c1-73-50-30-34-52(35-31-50)75(64-23-13-21-62-58-19-9-11-25-66(58)77-70(62)64)54-37-41-56-47(43-54)29-39-60-59-38-28-46-42-53(36-40-55(46)67(59)71(68(56)60,48-14-4-2-5-15-48)49-16-6-3-7-17-49)74(51-32-26-45(44-72)27-33-51)63-22-12-20-61-57-18-8-10-24-65(57)76-69(61)63/h2-43H. The van der Waals surface area contributed by atoms with Crippen molar-refractivity contribution in [3.8, 4) is 17.2 Å². The normalized spacial score (nSPS) is 12.5. The number of fused-ring (bicyclic) bond motifs is 13. The first-order valence-electron chi connectivity index (χ1n) is 25.7. The lowest BCUT2D eigenvalue weighted by Crippen LogP contribution is -2.29. The van der Waals surface area contributed by atoms with Gasteiger partial charge in [0, 0.05) is 44.3 Å². The van der Waals surface area contributed by atoms with Crippen molar-refractivity contribution >= 4 is 105 Å². The van der Waals surface area contributed by atoms with Gasteiger partial charge in [0.05, 0.1) is 35.0 Å². The summed E-state index contributed by atoms with van der Waals surface area (Å²) < 4.78 is 13.4. The van der Waals surface area contributed by atoms with Crippen LogP contribution in [0.4, 0.5) is 39.8 Å². The van der Waals surface area contributed by atoms with Crippen LogP contribution in [0, 0.1) is 17.9 Å². The van der Waals surface area contributed by atoms with Crippen LogP contribution >= 0.6 is 0 Å². The summed E-state index contributed by atoms with van der Waals surface area (Å²) in [5.74, 6) is 0. The van der Waals surface area contributed by atoms with E-state index in [0.29, 0.717) is 11.3 Å². The first-order chi connectivity index (χ1) is 38.1. The van der Waals surface area contributed by atoms with E-state index in [1.54, 1.807) is 0 Å². The van der Waals surface area contributed by atoms with Gasteiger partial charge in [-0.25, -0.2) is 4.85 Å². The molecule has 0 N–H and O–H groups in total. The molecular formula is C71H42N4O2. The number of anilines is 6. The second kappa shape index (κ2) is 17.2. The molecule has 2 aromatic heterocycles. The molecule has 0 unspecified atom stereocenters. The van der Waals surface area contributed by atoms with Crippen LogP contribution in [0.25, 0.3) is 81.4 Å². The highest BCUT2D eigenvalue weighted by Gasteiger charge is 2.48. The van der Waals surface area contributed by atoms with Gasteiger partial charge in [-0.05, 0) is 140 Å². The average molecular weight is 983 g/mol. The molecule has 0 saturated carbocycles. The number of furan rings is 2. The van der Waals surface area contributed by atoms with Crippen molar-refractivity contribution in [3.63, 3.8) is 0 Å². The molecule has 0 amide bonds. The zero-order valence-electron chi connectivity index (χ0n) is 41.4. The molecule has 6 nitrogen and oxygen atoms in total. The van der Waals surface area contributed by atoms with Crippen LogP contribution in [-0.4, -0.2) is 0 Å². The van der Waals surface area contributed by atoms with E-state index in [2.05, 4.69) is 191 Å². The lowest BCUT2D eigenvalue weighted by atomic mass is 9.66. The van der Waals surface area contributed by atoms with Crippen LogP contribution in [-0.2, 0) is 5.41 Å². The van der Waals surface area contributed by atoms with E-state index in [1.165, 1.54) is 33.4 Å². The molecule has 0 saturated heterocycles. The van der Waals surface area contributed by atoms with Gasteiger partial charge in [0.15, 0.2) is 16.9 Å². The Morgan fingerprint density at radius 2 is 0.818 bits per heavy atom. The molecule has 77 heavy (non-hydrogen) atoms. The van der Waals surface area contributed by atoms with E-state index in [0.717, 1.165) is 99.5 Å². The summed E-state index contributed by atoms with van der Waals surface area (Å²) in [6.07, 6.45) is 0. The predicted octanol–water partition coefficient (Wildman–Crippen LogP) is 19.5. The Balaban J connectivity index is 0.958. The highest BCUT2D eigenvalue weighted by molar-refractivity contribution is 6.13. The third-order valence-corrected chi connectivity index (χ3v) is 15.7. The molecule has 0 aliphatic heterocycles. The Bertz CT molecular complexity index is 4470. The maximum Gasteiger partial charge on any atom is 0.187 e. The molecule has 358 valence electrons. The Labute approximate surface area is 443 Å². The van der Waals surface area contributed by atoms with E-state index in [1.807, 2.05) is 84.9 Å². The predicted molar refractivity (Wildman–Crippen MR) is 314 cm³/mol. The fourth-order valence-electron chi connectivity index (χ4n) is 12.4. The van der Waals surface area contributed by atoms with Gasteiger partial charge >= 0.3 is 0 Å². The number of rotatable bonds is 8. The largest absolute Gasteiger partial charge is 0.454 e. The van der Waals surface area contributed by atoms with Crippen molar-refractivity contribution < 1.29 is 8.83 Å². The van der Waals surface area contributed by atoms with E-state index in [4.69, 9.17) is 15.4 Å². The quantitative estimate of drug-likeness (QED) is 0.142. The summed E-state index contributed by atoms with van der Waals surface area (Å²) in [5, 5.41) is 18.5. The molecule has 0 spiro atoms. The minimum atomic E-state index is -0.739.